The van der Waals surface area contributed by atoms with Crippen molar-refractivity contribution in [2.75, 3.05) is 40.6 Å². The number of nitrogen functional groups attached to an aromatic ring is 1. The van der Waals surface area contributed by atoms with Gasteiger partial charge in [-0.1, -0.05) is 0 Å². The fourth-order valence-corrected chi connectivity index (χ4v) is 4.00. The number of amides is 1. The second-order valence-electron chi connectivity index (χ2n) is 7.86. The molecule has 2 atom stereocenters. The Morgan fingerprint density at radius 3 is 2.59 bits per heavy atom. The molecule has 1 unspecified atom stereocenters. The normalized spacial score (nSPS) is 17.0. The lowest BCUT2D eigenvalue weighted by molar-refractivity contribution is -0.140. The van der Waals surface area contributed by atoms with Crippen LogP contribution >= 0.6 is 12.4 Å². The molecule has 0 radical (unpaired) electrons. The van der Waals surface area contributed by atoms with Gasteiger partial charge >= 0.3 is 11.9 Å². The number of anilines is 4. The van der Waals surface area contributed by atoms with Crippen molar-refractivity contribution in [3.63, 3.8) is 0 Å². The van der Waals surface area contributed by atoms with E-state index in [-0.39, 0.29) is 48.4 Å². The van der Waals surface area contributed by atoms with Crippen LogP contribution in [-0.2, 0) is 9.59 Å². The zero-order chi connectivity index (χ0) is 23.7. The summed E-state index contributed by atoms with van der Waals surface area (Å²) in [6, 6.07) is 5.35. The number of aliphatic carboxylic acids is 2. The fraction of sp³-hybridized carbons (Fsp3) is 0.350. The van der Waals surface area contributed by atoms with E-state index in [1.807, 2.05) is 9.80 Å². The molecule has 0 spiro atoms. The summed E-state index contributed by atoms with van der Waals surface area (Å²) >= 11 is 0. The second kappa shape index (κ2) is 9.87. The van der Waals surface area contributed by atoms with E-state index in [4.69, 9.17) is 10.8 Å². The van der Waals surface area contributed by atoms with Crippen LogP contribution < -0.4 is 31.7 Å². The van der Waals surface area contributed by atoms with Gasteiger partial charge in [-0.15, -0.1) is 12.4 Å². The number of hydrogen-bond acceptors (Lipinski definition) is 9. The van der Waals surface area contributed by atoms with Crippen molar-refractivity contribution in [2.45, 2.75) is 24.9 Å². The Labute approximate surface area is 199 Å². The third-order valence-corrected chi connectivity index (χ3v) is 5.65. The van der Waals surface area contributed by atoms with Crippen molar-refractivity contribution < 1.29 is 24.6 Å². The minimum Gasteiger partial charge on any atom is -0.481 e. The quantitative estimate of drug-likeness (QED) is 0.301. The molecular weight excluding hydrogens is 470 g/mol. The van der Waals surface area contributed by atoms with Crippen LogP contribution in [-0.4, -0.2) is 69.9 Å². The first kappa shape index (κ1) is 24.6. The molecule has 13 nitrogen and oxygen atoms in total. The number of nitrogens with zero attached hydrogens (tertiary/aromatic N) is 3. The Kier molecular flexibility index (Phi) is 7.15. The van der Waals surface area contributed by atoms with Gasteiger partial charge in [-0.2, -0.15) is 4.98 Å². The molecule has 34 heavy (non-hydrogen) atoms. The number of hydrogen-bond donors (Lipinski definition) is 6. The van der Waals surface area contributed by atoms with Crippen LogP contribution in [0.5, 0.6) is 0 Å². The monoisotopic (exact) mass is 493 g/mol. The van der Waals surface area contributed by atoms with E-state index in [0.29, 0.717) is 31.3 Å². The number of benzene rings is 1. The number of nitrogens with two attached hydrogens (primary N) is 1. The molecule has 7 N–H and O–H groups in total. The molecular formula is C20H24ClN7O6. The molecule has 3 heterocycles. The number of aromatic amines is 1. The molecule has 0 bridgehead atoms. The zero-order valence-corrected chi connectivity index (χ0v) is 18.7. The van der Waals surface area contributed by atoms with Crippen molar-refractivity contribution >= 4 is 53.4 Å². The summed E-state index contributed by atoms with van der Waals surface area (Å²) in [5.74, 6) is -2.55. The fourth-order valence-electron chi connectivity index (χ4n) is 4.00. The van der Waals surface area contributed by atoms with Crippen molar-refractivity contribution in [2.24, 2.45) is 0 Å². The summed E-state index contributed by atoms with van der Waals surface area (Å²) in [5.41, 5.74) is 6.81. The van der Waals surface area contributed by atoms with E-state index in [1.165, 1.54) is 0 Å². The van der Waals surface area contributed by atoms with E-state index < -0.39 is 23.9 Å². The van der Waals surface area contributed by atoms with Crippen LogP contribution in [0.15, 0.2) is 29.1 Å². The maximum absolute atomic E-state index is 12.4. The highest BCUT2D eigenvalue weighted by molar-refractivity contribution is 5.97. The largest absolute Gasteiger partial charge is 0.481 e. The van der Waals surface area contributed by atoms with Gasteiger partial charge in [-0.25, -0.2) is 4.79 Å². The number of carbonyl (C=O) groups excluding carboxylic acids is 1. The lowest BCUT2D eigenvalue weighted by atomic mass is 10.1. The third kappa shape index (κ3) is 4.98. The molecule has 1 aromatic carbocycles. The third-order valence-electron chi connectivity index (χ3n) is 5.65. The summed E-state index contributed by atoms with van der Waals surface area (Å²) < 4.78 is 0. The molecule has 0 saturated carbocycles. The Hall–Kier alpha value is -4.00. The van der Waals surface area contributed by atoms with E-state index in [2.05, 4.69) is 20.6 Å². The van der Waals surface area contributed by atoms with Crippen molar-refractivity contribution in [3.8, 4) is 0 Å². The van der Waals surface area contributed by atoms with Gasteiger partial charge in [0, 0.05) is 30.8 Å². The lowest BCUT2D eigenvalue weighted by Crippen LogP contribution is -2.44. The Bertz CT molecular complexity index is 1160. The highest BCUT2D eigenvalue weighted by Crippen LogP contribution is 2.32. The number of carboxylic acids is 2. The first-order valence-electron chi connectivity index (χ1n) is 10.2. The number of carbonyl (C=O) groups is 3. The number of aromatic nitrogens is 2. The highest BCUT2D eigenvalue weighted by Gasteiger charge is 2.37. The lowest BCUT2D eigenvalue weighted by Gasteiger charge is -2.31. The molecule has 2 aliphatic rings. The van der Waals surface area contributed by atoms with Gasteiger partial charge < -0.3 is 36.4 Å². The summed E-state index contributed by atoms with van der Waals surface area (Å²) in [5, 5.41) is 23.4. The predicted octanol–water partition coefficient (Wildman–Crippen LogP) is -0.100. The molecule has 4 rings (SSSR count). The average Bonchev–Trinajstić information content (AvgIpc) is 3.20. The molecule has 1 fully saturated rings. The molecule has 1 saturated heterocycles. The van der Waals surface area contributed by atoms with Gasteiger partial charge in [0.2, 0.25) is 5.95 Å². The average molecular weight is 494 g/mol. The smallest absolute Gasteiger partial charge is 0.326 e. The van der Waals surface area contributed by atoms with Crippen LogP contribution in [0.3, 0.4) is 0 Å². The number of H-pyrrole nitrogens is 1. The van der Waals surface area contributed by atoms with E-state index in [1.54, 1.807) is 24.3 Å². The van der Waals surface area contributed by atoms with Crippen molar-refractivity contribution in [1.82, 2.24) is 15.3 Å². The standard InChI is InChI=1S/C20H23N7O6.ClH/c21-20-24-16-15(18(31)25-20)27-9-26(8-12(27)7-22-16)11-3-1-10(2-4-11)17(30)23-13(19(32)33)5-6-14(28)29;/h1-4,12-13H,5-9H2,(H,23,30)(H,28,29)(H,32,33)(H4,21,22,24,25,31);1H/t12?,13-;/m0./s1. The molecule has 1 amide bonds. The topological polar surface area (TPSA) is 194 Å². The minimum absolute atomic E-state index is 0. The molecule has 0 aliphatic carbocycles. The summed E-state index contributed by atoms with van der Waals surface area (Å²) in [6.45, 7) is 1.67. The molecule has 14 heteroatoms. The zero-order valence-electron chi connectivity index (χ0n) is 17.9. The minimum atomic E-state index is -1.30. The molecule has 2 aliphatic heterocycles. The van der Waals surface area contributed by atoms with E-state index in [9.17, 15) is 24.3 Å². The van der Waals surface area contributed by atoms with Gasteiger partial charge in [-0.3, -0.25) is 19.4 Å². The number of halogens is 1. The molecule has 1 aromatic heterocycles. The summed E-state index contributed by atoms with van der Waals surface area (Å²) in [4.78, 5) is 57.5. The first-order chi connectivity index (χ1) is 15.7. The summed E-state index contributed by atoms with van der Waals surface area (Å²) in [7, 11) is 0. The van der Waals surface area contributed by atoms with E-state index >= 15 is 0 Å². The Morgan fingerprint density at radius 2 is 1.94 bits per heavy atom. The maximum atomic E-state index is 12.4. The van der Waals surface area contributed by atoms with Crippen molar-refractivity contribution in [3.05, 3.63) is 40.2 Å². The van der Waals surface area contributed by atoms with Crippen LogP contribution in [0.25, 0.3) is 0 Å². The molecule has 182 valence electrons. The number of carboxylic acid groups (broad SMARTS) is 2. The number of fused-ring (bicyclic) bond motifs is 3. The number of nitrogens with one attached hydrogen (secondary N) is 3. The summed E-state index contributed by atoms with van der Waals surface area (Å²) in [6.07, 6.45) is -0.583. The highest BCUT2D eigenvalue weighted by atomic mass is 35.5. The van der Waals surface area contributed by atoms with Gasteiger partial charge in [0.15, 0.2) is 5.82 Å². The Morgan fingerprint density at radius 1 is 1.24 bits per heavy atom. The molecule has 2 aromatic rings. The Balaban J connectivity index is 0.00000324. The SMILES string of the molecule is Cl.Nc1nc2c(c(=O)[nH]1)N1CN(c3ccc(C(=O)N[C@@H](CCC(=O)O)C(=O)O)cc3)CC1CN2. The van der Waals surface area contributed by atoms with Crippen molar-refractivity contribution in [1.29, 1.82) is 0 Å². The maximum Gasteiger partial charge on any atom is 0.326 e. The van der Waals surface area contributed by atoms with Crippen LogP contribution in [0.4, 0.5) is 23.1 Å². The van der Waals surface area contributed by atoms with Crippen LogP contribution in [0.2, 0.25) is 0 Å². The second-order valence-corrected chi connectivity index (χ2v) is 7.86. The van der Waals surface area contributed by atoms with Gasteiger partial charge in [-0.05, 0) is 30.7 Å². The number of rotatable bonds is 7. The van der Waals surface area contributed by atoms with Gasteiger partial charge in [0.05, 0.1) is 12.7 Å². The first-order valence-corrected chi connectivity index (χ1v) is 10.2. The van der Waals surface area contributed by atoms with Crippen LogP contribution in [0, 0.1) is 0 Å². The van der Waals surface area contributed by atoms with E-state index in [0.717, 1.165) is 5.69 Å². The van der Waals surface area contributed by atoms with Crippen LogP contribution in [0.1, 0.15) is 23.2 Å². The van der Waals surface area contributed by atoms with Gasteiger partial charge in [0.1, 0.15) is 11.7 Å². The predicted molar refractivity (Wildman–Crippen MR) is 126 cm³/mol. The van der Waals surface area contributed by atoms with Gasteiger partial charge in [0.25, 0.3) is 11.5 Å².